The van der Waals surface area contributed by atoms with E-state index in [0.29, 0.717) is 12.0 Å². The maximum Gasteiger partial charge on any atom is 0.346 e. The van der Waals surface area contributed by atoms with Crippen LogP contribution >= 0.6 is 0 Å². The standard InChI is InChI=1S/C19H15FO4/c1-3-12-9-14-11(2)8-18(21)23-17(14)10-16(12)24-19(22)13-6-4-5-7-15(13)20/h4-10H,3H2,1-2H3. The number of hydrogen-bond donors (Lipinski definition) is 0. The Balaban J connectivity index is 2.07. The van der Waals surface area contributed by atoms with Gasteiger partial charge in [0.05, 0.1) is 5.56 Å². The predicted octanol–water partition coefficient (Wildman–Crippen LogP) is 4.02. The molecule has 0 fully saturated rings. The first-order valence-electron chi connectivity index (χ1n) is 7.53. The molecule has 0 aliphatic carbocycles. The molecule has 4 nitrogen and oxygen atoms in total. The van der Waals surface area contributed by atoms with Gasteiger partial charge in [0, 0.05) is 17.5 Å². The molecule has 24 heavy (non-hydrogen) atoms. The molecule has 1 heterocycles. The first-order chi connectivity index (χ1) is 11.5. The van der Waals surface area contributed by atoms with Crippen LogP contribution < -0.4 is 10.4 Å². The molecule has 1 aromatic heterocycles. The van der Waals surface area contributed by atoms with E-state index in [1.54, 1.807) is 6.07 Å². The Morgan fingerprint density at radius 3 is 2.67 bits per heavy atom. The van der Waals surface area contributed by atoms with Gasteiger partial charge >= 0.3 is 11.6 Å². The van der Waals surface area contributed by atoms with Gasteiger partial charge in [-0.25, -0.2) is 14.0 Å². The van der Waals surface area contributed by atoms with Crippen molar-refractivity contribution in [1.82, 2.24) is 0 Å². The zero-order valence-electron chi connectivity index (χ0n) is 13.3. The molecule has 0 amide bonds. The van der Waals surface area contributed by atoms with Crippen LogP contribution in [0.1, 0.15) is 28.4 Å². The van der Waals surface area contributed by atoms with Crippen molar-refractivity contribution in [3.63, 3.8) is 0 Å². The van der Waals surface area contributed by atoms with Crippen LogP contribution in [0.2, 0.25) is 0 Å². The molecule has 2 aromatic carbocycles. The monoisotopic (exact) mass is 326 g/mol. The number of rotatable bonds is 3. The van der Waals surface area contributed by atoms with Gasteiger partial charge in [0.2, 0.25) is 0 Å². The fourth-order valence-electron chi connectivity index (χ4n) is 2.54. The summed E-state index contributed by atoms with van der Waals surface area (Å²) in [5.41, 5.74) is 1.25. The van der Waals surface area contributed by atoms with Crippen molar-refractivity contribution in [2.75, 3.05) is 0 Å². The molecule has 3 aromatic rings. The van der Waals surface area contributed by atoms with Gasteiger partial charge in [-0.05, 0) is 42.7 Å². The third-order valence-corrected chi connectivity index (χ3v) is 3.81. The molecule has 0 N–H and O–H groups in total. The molecule has 0 saturated heterocycles. The molecule has 0 aliphatic rings. The summed E-state index contributed by atoms with van der Waals surface area (Å²) in [4.78, 5) is 23.8. The highest BCUT2D eigenvalue weighted by Crippen LogP contribution is 2.28. The van der Waals surface area contributed by atoms with Crippen LogP contribution in [-0.4, -0.2) is 5.97 Å². The Morgan fingerprint density at radius 2 is 1.96 bits per heavy atom. The molecule has 0 spiro atoms. The van der Waals surface area contributed by atoms with Gasteiger partial charge in [0.15, 0.2) is 0 Å². The zero-order valence-corrected chi connectivity index (χ0v) is 13.3. The lowest BCUT2D eigenvalue weighted by Gasteiger charge is -2.11. The highest BCUT2D eigenvalue weighted by molar-refractivity contribution is 5.92. The normalized spacial score (nSPS) is 10.8. The van der Waals surface area contributed by atoms with Crippen LogP contribution in [0.3, 0.4) is 0 Å². The molecule has 3 rings (SSSR count). The predicted molar refractivity (Wildman–Crippen MR) is 88.0 cm³/mol. The average molecular weight is 326 g/mol. The SMILES string of the molecule is CCc1cc2c(C)cc(=O)oc2cc1OC(=O)c1ccccc1F. The molecule has 0 bridgehead atoms. The van der Waals surface area contributed by atoms with Crippen molar-refractivity contribution in [3.05, 3.63) is 75.4 Å². The molecular weight excluding hydrogens is 311 g/mol. The van der Waals surface area contributed by atoms with Crippen molar-refractivity contribution in [1.29, 1.82) is 0 Å². The number of aryl methyl sites for hydroxylation is 2. The lowest BCUT2D eigenvalue weighted by Crippen LogP contribution is -2.12. The van der Waals surface area contributed by atoms with Crippen LogP contribution in [0, 0.1) is 12.7 Å². The number of carbonyl (C=O) groups excluding carboxylic acids is 1. The van der Waals surface area contributed by atoms with E-state index in [-0.39, 0.29) is 11.3 Å². The number of benzene rings is 2. The molecule has 0 saturated carbocycles. The summed E-state index contributed by atoms with van der Waals surface area (Å²) >= 11 is 0. The Bertz CT molecular complexity index is 988. The smallest absolute Gasteiger partial charge is 0.346 e. The van der Waals surface area contributed by atoms with Crippen molar-refractivity contribution in [2.24, 2.45) is 0 Å². The maximum atomic E-state index is 13.7. The summed E-state index contributed by atoms with van der Waals surface area (Å²) in [6.07, 6.45) is 0.606. The number of carbonyl (C=O) groups is 1. The van der Waals surface area contributed by atoms with Crippen molar-refractivity contribution >= 4 is 16.9 Å². The molecule has 0 unspecified atom stereocenters. The summed E-state index contributed by atoms with van der Waals surface area (Å²) in [7, 11) is 0. The highest BCUT2D eigenvalue weighted by atomic mass is 19.1. The second kappa shape index (κ2) is 6.28. The first kappa shape index (κ1) is 15.9. The van der Waals surface area contributed by atoms with E-state index < -0.39 is 17.4 Å². The minimum absolute atomic E-state index is 0.148. The van der Waals surface area contributed by atoms with E-state index in [0.717, 1.165) is 16.5 Å². The molecular formula is C19H15FO4. The number of esters is 1. The summed E-state index contributed by atoms with van der Waals surface area (Å²) in [5.74, 6) is -1.19. The fourth-order valence-corrected chi connectivity index (χ4v) is 2.54. The molecule has 122 valence electrons. The maximum absolute atomic E-state index is 13.7. The van der Waals surface area contributed by atoms with Crippen LogP contribution in [0.15, 0.2) is 51.7 Å². The van der Waals surface area contributed by atoms with Crippen molar-refractivity contribution in [3.8, 4) is 5.75 Å². The van der Waals surface area contributed by atoms with E-state index in [1.807, 2.05) is 19.9 Å². The third kappa shape index (κ3) is 2.93. The summed E-state index contributed by atoms with van der Waals surface area (Å²) in [6.45, 7) is 3.72. The van der Waals surface area contributed by atoms with Crippen molar-refractivity contribution < 1.29 is 18.3 Å². The summed E-state index contributed by atoms with van der Waals surface area (Å²) in [5, 5.41) is 0.775. The third-order valence-electron chi connectivity index (χ3n) is 3.81. The topological polar surface area (TPSA) is 56.5 Å². The second-order valence-electron chi connectivity index (χ2n) is 5.43. The van der Waals surface area contributed by atoms with E-state index in [1.165, 1.54) is 30.3 Å². The van der Waals surface area contributed by atoms with Gasteiger partial charge in [-0.3, -0.25) is 0 Å². The minimum atomic E-state index is -0.794. The first-order valence-corrected chi connectivity index (χ1v) is 7.53. The van der Waals surface area contributed by atoms with Crippen LogP contribution in [0.5, 0.6) is 5.75 Å². The Kier molecular flexibility index (Phi) is 4.16. The van der Waals surface area contributed by atoms with Crippen LogP contribution in [0.25, 0.3) is 11.0 Å². The Morgan fingerprint density at radius 1 is 1.21 bits per heavy atom. The molecule has 0 atom stereocenters. The highest BCUT2D eigenvalue weighted by Gasteiger charge is 2.16. The average Bonchev–Trinajstić information content (AvgIpc) is 2.54. The number of ether oxygens (including phenoxy) is 1. The van der Waals surface area contributed by atoms with Gasteiger partial charge in [-0.2, -0.15) is 0 Å². The van der Waals surface area contributed by atoms with Crippen LogP contribution in [-0.2, 0) is 6.42 Å². The van der Waals surface area contributed by atoms with E-state index in [4.69, 9.17) is 9.15 Å². The van der Waals surface area contributed by atoms with Gasteiger partial charge in [-0.1, -0.05) is 19.1 Å². The zero-order chi connectivity index (χ0) is 17.3. The summed E-state index contributed by atoms with van der Waals surface area (Å²) in [6, 6.07) is 10.3. The molecule has 0 aliphatic heterocycles. The van der Waals surface area contributed by atoms with Gasteiger partial charge < -0.3 is 9.15 Å². The van der Waals surface area contributed by atoms with E-state index in [2.05, 4.69) is 0 Å². The lowest BCUT2D eigenvalue weighted by atomic mass is 10.1. The number of fused-ring (bicyclic) bond motifs is 1. The van der Waals surface area contributed by atoms with E-state index in [9.17, 15) is 14.0 Å². The largest absolute Gasteiger partial charge is 0.423 e. The van der Waals surface area contributed by atoms with Crippen molar-refractivity contribution in [2.45, 2.75) is 20.3 Å². The summed E-state index contributed by atoms with van der Waals surface area (Å²) < 4.78 is 24.2. The van der Waals surface area contributed by atoms with Crippen LogP contribution in [0.4, 0.5) is 4.39 Å². The molecule has 0 radical (unpaired) electrons. The lowest BCUT2D eigenvalue weighted by molar-refractivity contribution is 0.0728. The Hall–Kier alpha value is -2.95. The van der Waals surface area contributed by atoms with Gasteiger partial charge in [-0.15, -0.1) is 0 Å². The van der Waals surface area contributed by atoms with Gasteiger partial charge in [0.25, 0.3) is 0 Å². The number of hydrogen-bond acceptors (Lipinski definition) is 4. The Labute approximate surface area is 137 Å². The minimum Gasteiger partial charge on any atom is -0.423 e. The van der Waals surface area contributed by atoms with E-state index >= 15 is 0 Å². The van der Waals surface area contributed by atoms with Gasteiger partial charge in [0.1, 0.15) is 17.1 Å². The number of halogens is 1. The quantitative estimate of drug-likeness (QED) is 0.414. The molecule has 5 heteroatoms. The fraction of sp³-hybridized carbons (Fsp3) is 0.158. The second-order valence-corrected chi connectivity index (χ2v) is 5.43.